The first-order valence-corrected chi connectivity index (χ1v) is 11.3. The Hall–Kier alpha value is -3.41. The van der Waals surface area contributed by atoms with Crippen molar-refractivity contribution in [2.24, 2.45) is 10.7 Å². The summed E-state index contributed by atoms with van der Waals surface area (Å²) in [5.41, 5.74) is 10.6. The van der Waals surface area contributed by atoms with E-state index in [0.29, 0.717) is 42.2 Å². The van der Waals surface area contributed by atoms with Gasteiger partial charge >= 0.3 is 0 Å². The molecule has 0 fully saturated rings. The van der Waals surface area contributed by atoms with Crippen LogP contribution in [0.1, 0.15) is 61.5 Å². The van der Waals surface area contributed by atoms with Crippen molar-refractivity contribution in [2.45, 2.75) is 46.5 Å². The van der Waals surface area contributed by atoms with Gasteiger partial charge < -0.3 is 16.0 Å². The van der Waals surface area contributed by atoms with Crippen molar-refractivity contribution in [1.29, 1.82) is 0 Å². The van der Waals surface area contributed by atoms with Crippen LogP contribution < -0.4 is 11.1 Å². The average Bonchev–Trinajstić information content (AvgIpc) is 2.95. The molecular weight excluding hydrogens is 400 g/mol. The molecule has 0 radical (unpaired) electrons. The molecule has 0 saturated heterocycles. The lowest BCUT2D eigenvalue weighted by molar-refractivity contribution is -0.127. The number of nitrogens with two attached hydrogens (primary N) is 1. The molecule has 3 N–H and O–H groups in total. The fourth-order valence-electron chi connectivity index (χ4n) is 3.80. The van der Waals surface area contributed by atoms with Gasteiger partial charge in [-0.25, -0.2) is 4.99 Å². The van der Waals surface area contributed by atoms with Crippen LogP contribution >= 0.6 is 0 Å². The van der Waals surface area contributed by atoms with Gasteiger partial charge in [0.2, 0.25) is 5.91 Å². The number of fused-ring (bicyclic) bond motifs is 1. The first-order valence-electron chi connectivity index (χ1n) is 11.3. The van der Waals surface area contributed by atoms with E-state index < -0.39 is 0 Å². The highest BCUT2D eigenvalue weighted by Crippen LogP contribution is 2.29. The quantitative estimate of drug-likeness (QED) is 0.620. The molecule has 0 spiro atoms. The van der Waals surface area contributed by atoms with Crippen molar-refractivity contribution in [3.63, 3.8) is 0 Å². The van der Waals surface area contributed by atoms with Crippen molar-refractivity contribution in [1.82, 2.24) is 4.90 Å². The van der Waals surface area contributed by atoms with Gasteiger partial charge in [-0.1, -0.05) is 39.0 Å². The molecule has 6 nitrogen and oxygen atoms in total. The Kier molecular flexibility index (Phi) is 7.82. The Balaban J connectivity index is 1.86. The summed E-state index contributed by atoms with van der Waals surface area (Å²) in [4.78, 5) is 32.3. The number of aryl methyl sites for hydroxylation is 1. The number of benzene rings is 2. The lowest BCUT2D eigenvalue weighted by Gasteiger charge is -2.22. The van der Waals surface area contributed by atoms with E-state index in [9.17, 15) is 9.59 Å². The maximum absolute atomic E-state index is 13.1. The summed E-state index contributed by atoms with van der Waals surface area (Å²) < 4.78 is 0. The molecule has 1 aliphatic rings. The van der Waals surface area contributed by atoms with Gasteiger partial charge in [0.15, 0.2) is 0 Å². The van der Waals surface area contributed by atoms with Gasteiger partial charge in [0.25, 0.3) is 5.91 Å². The van der Waals surface area contributed by atoms with Gasteiger partial charge in [0.1, 0.15) is 5.84 Å². The number of amides is 2. The van der Waals surface area contributed by atoms with Crippen LogP contribution in [0, 0.1) is 0 Å². The molecule has 2 amide bonds. The molecule has 6 heteroatoms. The zero-order valence-corrected chi connectivity index (χ0v) is 19.1. The van der Waals surface area contributed by atoms with Gasteiger partial charge in [0, 0.05) is 41.9 Å². The SMILES string of the molecule is CCCN(CCC)C(=O)C1=Cc2ccc(C(=O)Nc3cccc(CC)c3)cc2N=C(N)C1. The molecule has 0 aromatic heterocycles. The molecule has 2 aromatic carbocycles. The van der Waals surface area contributed by atoms with E-state index in [4.69, 9.17) is 5.73 Å². The smallest absolute Gasteiger partial charge is 0.255 e. The summed E-state index contributed by atoms with van der Waals surface area (Å²) in [6.45, 7) is 7.63. The number of hydrogen-bond acceptors (Lipinski definition) is 4. The minimum absolute atomic E-state index is 0.00248. The molecule has 2 aromatic rings. The Bertz CT molecular complexity index is 1050. The summed E-state index contributed by atoms with van der Waals surface area (Å²) in [5.74, 6) is 0.151. The molecule has 3 rings (SSSR count). The third kappa shape index (κ3) is 5.63. The minimum atomic E-state index is -0.212. The fourth-order valence-corrected chi connectivity index (χ4v) is 3.80. The standard InChI is InChI=1S/C26H32N4O2/c1-4-12-30(13-5-2)26(32)21-15-19-10-11-20(16-23(19)29-24(27)17-21)25(31)28-22-9-7-8-18(6-3)14-22/h7-11,14-16H,4-6,12-13,17H2,1-3H3,(H2,27,29)(H,28,31). The molecule has 0 atom stereocenters. The van der Waals surface area contributed by atoms with Crippen LogP contribution in [0.3, 0.4) is 0 Å². The molecule has 0 saturated carbocycles. The summed E-state index contributed by atoms with van der Waals surface area (Å²) in [5, 5.41) is 2.94. The van der Waals surface area contributed by atoms with Crippen LogP contribution in [0.25, 0.3) is 6.08 Å². The highest BCUT2D eigenvalue weighted by Gasteiger charge is 2.21. The molecular formula is C26H32N4O2. The largest absolute Gasteiger partial charge is 0.387 e. The summed E-state index contributed by atoms with van der Waals surface area (Å²) in [6.07, 6.45) is 4.85. The third-order valence-corrected chi connectivity index (χ3v) is 5.40. The first kappa shape index (κ1) is 23.3. The van der Waals surface area contributed by atoms with Crippen molar-refractivity contribution >= 4 is 35.1 Å². The maximum atomic E-state index is 13.1. The number of aliphatic imine (C=N–C) groups is 1. The predicted octanol–water partition coefficient (Wildman–Crippen LogP) is 4.93. The van der Waals surface area contributed by atoms with Crippen LogP contribution in [0.15, 0.2) is 53.0 Å². The Morgan fingerprint density at radius 2 is 1.81 bits per heavy atom. The Labute approximate surface area is 190 Å². The van der Waals surface area contributed by atoms with Crippen molar-refractivity contribution in [3.8, 4) is 0 Å². The fraction of sp³-hybridized carbons (Fsp3) is 0.346. The number of nitrogens with zero attached hydrogens (tertiary/aromatic N) is 2. The lowest BCUT2D eigenvalue weighted by atomic mass is 10.0. The van der Waals surface area contributed by atoms with Crippen LogP contribution in [0.2, 0.25) is 0 Å². The monoisotopic (exact) mass is 432 g/mol. The number of hydrogen-bond donors (Lipinski definition) is 2. The van der Waals surface area contributed by atoms with Crippen molar-refractivity contribution in [3.05, 3.63) is 64.7 Å². The number of nitrogens with one attached hydrogen (secondary N) is 1. The molecule has 0 unspecified atom stereocenters. The van der Waals surface area contributed by atoms with E-state index in [2.05, 4.69) is 31.1 Å². The van der Waals surface area contributed by atoms with Gasteiger partial charge in [-0.2, -0.15) is 0 Å². The second-order valence-corrected chi connectivity index (χ2v) is 8.02. The van der Waals surface area contributed by atoms with E-state index >= 15 is 0 Å². The molecule has 1 aliphatic heterocycles. The second kappa shape index (κ2) is 10.8. The summed E-state index contributed by atoms with van der Waals surface area (Å²) in [7, 11) is 0. The number of anilines is 1. The van der Waals surface area contributed by atoms with E-state index in [1.807, 2.05) is 41.3 Å². The number of carbonyl (C=O) groups excluding carboxylic acids is 2. The normalized spacial score (nSPS) is 12.8. The van der Waals surface area contributed by atoms with E-state index in [1.54, 1.807) is 12.1 Å². The van der Waals surface area contributed by atoms with Gasteiger partial charge in [0.05, 0.1) is 5.69 Å². The molecule has 0 bridgehead atoms. The maximum Gasteiger partial charge on any atom is 0.255 e. The van der Waals surface area contributed by atoms with Gasteiger partial charge in [-0.15, -0.1) is 0 Å². The molecule has 32 heavy (non-hydrogen) atoms. The predicted molar refractivity (Wildman–Crippen MR) is 131 cm³/mol. The van der Waals surface area contributed by atoms with Crippen LogP contribution in [-0.2, 0) is 11.2 Å². The zero-order valence-electron chi connectivity index (χ0n) is 19.1. The van der Waals surface area contributed by atoms with Gasteiger partial charge in [-0.3, -0.25) is 9.59 Å². The van der Waals surface area contributed by atoms with Crippen LogP contribution in [0.4, 0.5) is 11.4 Å². The van der Waals surface area contributed by atoms with E-state index in [-0.39, 0.29) is 11.8 Å². The number of rotatable bonds is 8. The van der Waals surface area contributed by atoms with Crippen molar-refractivity contribution in [2.75, 3.05) is 18.4 Å². The van der Waals surface area contributed by atoms with Crippen LogP contribution in [-0.4, -0.2) is 35.6 Å². The highest BCUT2D eigenvalue weighted by molar-refractivity contribution is 6.07. The van der Waals surface area contributed by atoms with E-state index in [0.717, 1.165) is 36.1 Å². The number of carbonyl (C=O) groups is 2. The molecule has 1 heterocycles. The summed E-state index contributed by atoms with van der Waals surface area (Å²) in [6, 6.07) is 13.1. The number of amidine groups is 1. The van der Waals surface area contributed by atoms with Crippen molar-refractivity contribution < 1.29 is 9.59 Å². The Morgan fingerprint density at radius 1 is 1.06 bits per heavy atom. The topological polar surface area (TPSA) is 87.8 Å². The van der Waals surface area contributed by atoms with Crippen LogP contribution in [0.5, 0.6) is 0 Å². The minimum Gasteiger partial charge on any atom is -0.387 e. The Morgan fingerprint density at radius 3 is 2.50 bits per heavy atom. The third-order valence-electron chi connectivity index (χ3n) is 5.40. The second-order valence-electron chi connectivity index (χ2n) is 8.02. The van der Waals surface area contributed by atoms with Gasteiger partial charge in [-0.05, 0) is 55.2 Å². The zero-order chi connectivity index (χ0) is 23.1. The highest BCUT2D eigenvalue weighted by atomic mass is 16.2. The first-order chi connectivity index (χ1) is 15.4. The molecule has 0 aliphatic carbocycles. The van der Waals surface area contributed by atoms with E-state index in [1.165, 1.54) is 0 Å². The summed E-state index contributed by atoms with van der Waals surface area (Å²) >= 11 is 0. The average molecular weight is 433 g/mol. The lowest BCUT2D eigenvalue weighted by Crippen LogP contribution is -2.34. The molecule has 168 valence electrons.